The van der Waals surface area contributed by atoms with E-state index in [0.29, 0.717) is 18.1 Å². The van der Waals surface area contributed by atoms with Gasteiger partial charge in [0.05, 0.1) is 12.7 Å². The van der Waals surface area contributed by atoms with Crippen molar-refractivity contribution in [3.8, 4) is 0 Å². The zero-order valence-electron chi connectivity index (χ0n) is 11.5. The Morgan fingerprint density at radius 3 is 2.62 bits per heavy atom. The Labute approximate surface area is 101 Å². The molecule has 16 heavy (non-hydrogen) atoms. The lowest BCUT2D eigenvalue weighted by Crippen LogP contribution is -2.37. The second-order valence-corrected chi connectivity index (χ2v) is 5.54. The van der Waals surface area contributed by atoms with Crippen LogP contribution in [0.15, 0.2) is 0 Å². The van der Waals surface area contributed by atoms with E-state index in [-0.39, 0.29) is 0 Å². The van der Waals surface area contributed by atoms with E-state index in [9.17, 15) is 0 Å². The third-order valence-electron chi connectivity index (χ3n) is 4.00. The van der Waals surface area contributed by atoms with E-state index in [1.54, 1.807) is 0 Å². The summed E-state index contributed by atoms with van der Waals surface area (Å²) in [5.74, 6) is 1.56. The maximum Gasteiger partial charge on any atom is 0.0625 e. The van der Waals surface area contributed by atoms with Crippen molar-refractivity contribution < 1.29 is 4.74 Å². The molecule has 1 fully saturated rings. The maximum atomic E-state index is 6.07. The van der Waals surface area contributed by atoms with Crippen molar-refractivity contribution in [2.75, 3.05) is 13.7 Å². The standard InChI is InChI=1S/C14H29NO/c1-5-12-7-6-8-13(9-12)16-10-14(15-4)11(2)3/h11-15H,5-10H2,1-4H3. The molecule has 1 aliphatic carbocycles. The highest BCUT2D eigenvalue weighted by atomic mass is 16.5. The fraction of sp³-hybridized carbons (Fsp3) is 1.00. The first-order valence-corrected chi connectivity index (χ1v) is 6.96. The SMILES string of the molecule is CCC1CCCC(OCC(NC)C(C)C)C1. The number of likely N-dealkylation sites (N-methyl/N-ethyl adjacent to an activating group) is 1. The zero-order valence-corrected chi connectivity index (χ0v) is 11.5. The number of nitrogens with one attached hydrogen (secondary N) is 1. The van der Waals surface area contributed by atoms with Crippen molar-refractivity contribution in [3.05, 3.63) is 0 Å². The molecule has 0 aromatic carbocycles. The molecule has 96 valence electrons. The third-order valence-corrected chi connectivity index (χ3v) is 4.00. The van der Waals surface area contributed by atoms with E-state index in [2.05, 4.69) is 26.1 Å². The van der Waals surface area contributed by atoms with Gasteiger partial charge in [-0.05, 0) is 31.7 Å². The summed E-state index contributed by atoms with van der Waals surface area (Å²) >= 11 is 0. The summed E-state index contributed by atoms with van der Waals surface area (Å²) in [6, 6.07) is 0.502. The van der Waals surface area contributed by atoms with Crippen LogP contribution in [-0.4, -0.2) is 25.8 Å². The zero-order chi connectivity index (χ0) is 12.0. The smallest absolute Gasteiger partial charge is 0.0625 e. The summed E-state index contributed by atoms with van der Waals surface area (Å²) in [5.41, 5.74) is 0. The van der Waals surface area contributed by atoms with Crippen LogP contribution in [0.25, 0.3) is 0 Å². The summed E-state index contributed by atoms with van der Waals surface area (Å²) in [5, 5.41) is 3.34. The highest BCUT2D eigenvalue weighted by Crippen LogP contribution is 2.28. The Bertz CT molecular complexity index is 182. The van der Waals surface area contributed by atoms with E-state index in [1.807, 2.05) is 7.05 Å². The number of rotatable bonds is 6. The van der Waals surface area contributed by atoms with Crippen molar-refractivity contribution in [2.45, 2.75) is 65.0 Å². The van der Waals surface area contributed by atoms with Gasteiger partial charge >= 0.3 is 0 Å². The normalized spacial score (nSPS) is 28.3. The Balaban J connectivity index is 2.25. The fourth-order valence-corrected chi connectivity index (χ4v) is 2.61. The molecular formula is C14H29NO. The van der Waals surface area contributed by atoms with Crippen LogP contribution in [0.1, 0.15) is 52.9 Å². The summed E-state index contributed by atoms with van der Waals surface area (Å²) in [6.07, 6.45) is 7.16. The first-order valence-electron chi connectivity index (χ1n) is 6.96. The highest BCUT2D eigenvalue weighted by Gasteiger charge is 2.22. The van der Waals surface area contributed by atoms with Crippen LogP contribution in [0.4, 0.5) is 0 Å². The van der Waals surface area contributed by atoms with Crippen LogP contribution in [0.5, 0.6) is 0 Å². The minimum Gasteiger partial charge on any atom is -0.377 e. The fourth-order valence-electron chi connectivity index (χ4n) is 2.61. The van der Waals surface area contributed by atoms with E-state index < -0.39 is 0 Å². The van der Waals surface area contributed by atoms with Gasteiger partial charge in [0.1, 0.15) is 0 Å². The Morgan fingerprint density at radius 1 is 1.31 bits per heavy atom. The number of hydrogen-bond donors (Lipinski definition) is 1. The van der Waals surface area contributed by atoms with Crippen molar-refractivity contribution in [2.24, 2.45) is 11.8 Å². The van der Waals surface area contributed by atoms with Crippen molar-refractivity contribution in [3.63, 3.8) is 0 Å². The topological polar surface area (TPSA) is 21.3 Å². The molecule has 0 amide bonds. The predicted molar refractivity (Wildman–Crippen MR) is 69.7 cm³/mol. The summed E-state index contributed by atoms with van der Waals surface area (Å²) in [4.78, 5) is 0. The lowest BCUT2D eigenvalue weighted by atomic mass is 9.85. The predicted octanol–water partition coefficient (Wildman–Crippen LogP) is 3.22. The largest absolute Gasteiger partial charge is 0.377 e. The molecule has 0 aromatic heterocycles. The molecule has 0 radical (unpaired) electrons. The Kier molecular flexibility index (Phi) is 6.37. The summed E-state index contributed by atoms with van der Waals surface area (Å²) < 4.78 is 6.07. The molecule has 1 aliphatic rings. The van der Waals surface area contributed by atoms with Crippen LogP contribution in [0.2, 0.25) is 0 Å². The second-order valence-electron chi connectivity index (χ2n) is 5.54. The molecule has 0 aromatic rings. The van der Waals surface area contributed by atoms with Gasteiger partial charge in [-0.1, -0.05) is 40.0 Å². The average Bonchev–Trinajstić information content (AvgIpc) is 2.29. The lowest BCUT2D eigenvalue weighted by molar-refractivity contribution is -0.00306. The van der Waals surface area contributed by atoms with Crippen LogP contribution < -0.4 is 5.32 Å². The molecule has 0 heterocycles. The van der Waals surface area contributed by atoms with Gasteiger partial charge in [0, 0.05) is 6.04 Å². The van der Waals surface area contributed by atoms with Crippen molar-refractivity contribution in [1.82, 2.24) is 5.32 Å². The first kappa shape index (κ1) is 14.0. The third kappa shape index (κ3) is 4.42. The van der Waals surface area contributed by atoms with Gasteiger partial charge in [0.25, 0.3) is 0 Å². The van der Waals surface area contributed by atoms with E-state index in [4.69, 9.17) is 4.74 Å². The minimum absolute atomic E-state index is 0.502. The Morgan fingerprint density at radius 2 is 2.06 bits per heavy atom. The van der Waals surface area contributed by atoms with Crippen LogP contribution in [-0.2, 0) is 4.74 Å². The molecule has 3 atom stereocenters. The first-order chi connectivity index (χ1) is 7.67. The van der Waals surface area contributed by atoms with E-state index >= 15 is 0 Å². The van der Waals surface area contributed by atoms with Gasteiger partial charge in [-0.15, -0.1) is 0 Å². The van der Waals surface area contributed by atoms with Gasteiger partial charge in [-0.2, -0.15) is 0 Å². The molecule has 0 saturated heterocycles. The van der Waals surface area contributed by atoms with Gasteiger partial charge in [-0.3, -0.25) is 0 Å². The maximum absolute atomic E-state index is 6.07. The van der Waals surface area contributed by atoms with Crippen LogP contribution in [0, 0.1) is 11.8 Å². The quantitative estimate of drug-likeness (QED) is 0.752. The van der Waals surface area contributed by atoms with Gasteiger partial charge in [0.15, 0.2) is 0 Å². The van der Waals surface area contributed by atoms with Crippen LogP contribution in [0.3, 0.4) is 0 Å². The summed E-state index contributed by atoms with van der Waals surface area (Å²) in [6.45, 7) is 7.67. The summed E-state index contributed by atoms with van der Waals surface area (Å²) in [7, 11) is 2.03. The number of hydrogen-bond acceptors (Lipinski definition) is 2. The molecule has 0 spiro atoms. The lowest BCUT2D eigenvalue weighted by Gasteiger charge is -2.30. The average molecular weight is 227 g/mol. The van der Waals surface area contributed by atoms with Crippen molar-refractivity contribution >= 4 is 0 Å². The van der Waals surface area contributed by atoms with Crippen molar-refractivity contribution in [1.29, 1.82) is 0 Å². The van der Waals surface area contributed by atoms with Gasteiger partial charge < -0.3 is 10.1 Å². The number of ether oxygens (including phenoxy) is 1. The van der Waals surface area contributed by atoms with E-state index in [0.717, 1.165) is 12.5 Å². The second kappa shape index (κ2) is 7.29. The minimum atomic E-state index is 0.502. The molecule has 1 N–H and O–H groups in total. The van der Waals surface area contributed by atoms with E-state index in [1.165, 1.54) is 32.1 Å². The highest BCUT2D eigenvalue weighted by molar-refractivity contribution is 4.74. The molecule has 1 saturated carbocycles. The molecule has 0 bridgehead atoms. The molecule has 0 aliphatic heterocycles. The van der Waals surface area contributed by atoms with Gasteiger partial charge in [-0.25, -0.2) is 0 Å². The molecule has 1 rings (SSSR count). The van der Waals surface area contributed by atoms with Crippen LogP contribution >= 0.6 is 0 Å². The van der Waals surface area contributed by atoms with Gasteiger partial charge in [0.2, 0.25) is 0 Å². The monoisotopic (exact) mass is 227 g/mol. The molecule has 3 unspecified atom stereocenters. The molecule has 2 nitrogen and oxygen atoms in total. The Hall–Kier alpha value is -0.0800. The molecule has 2 heteroatoms. The molecular weight excluding hydrogens is 198 g/mol.